The summed E-state index contributed by atoms with van der Waals surface area (Å²) in [6.45, 7) is 0.388. The zero-order valence-corrected chi connectivity index (χ0v) is 15.5. The molecule has 0 spiro atoms. The van der Waals surface area contributed by atoms with Crippen molar-refractivity contribution in [1.29, 1.82) is 5.26 Å². The second kappa shape index (κ2) is 8.52. The number of nitriles is 1. The number of rotatable bonds is 6. The summed E-state index contributed by atoms with van der Waals surface area (Å²) in [6, 6.07) is 9.19. The number of methoxy groups -OCH3 is 2. The first kappa shape index (κ1) is 18.0. The molecular weight excluding hydrogens is 392 g/mol. The summed E-state index contributed by atoms with van der Waals surface area (Å²) in [5, 5.41) is 14.0. The normalized spacial score (nSPS) is 10.8. The van der Waals surface area contributed by atoms with Gasteiger partial charge in [0.05, 0.1) is 25.2 Å². The summed E-state index contributed by atoms with van der Waals surface area (Å²) in [6.07, 6.45) is 1.49. The number of hydrogen-bond donors (Lipinski definition) is 1. The van der Waals surface area contributed by atoms with Crippen LogP contribution in [-0.2, 0) is 11.3 Å². The van der Waals surface area contributed by atoms with Gasteiger partial charge in [0, 0.05) is 16.5 Å². The maximum absolute atomic E-state index is 12.2. The van der Waals surface area contributed by atoms with Crippen molar-refractivity contribution in [2.24, 2.45) is 0 Å². The van der Waals surface area contributed by atoms with Gasteiger partial charge >= 0.3 is 0 Å². The predicted molar refractivity (Wildman–Crippen MR) is 97.0 cm³/mol. The largest absolute Gasteiger partial charge is 0.496 e. The van der Waals surface area contributed by atoms with Crippen molar-refractivity contribution in [1.82, 2.24) is 5.32 Å². The van der Waals surface area contributed by atoms with Gasteiger partial charge in [-0.15, -0.1) is 11.3 Å². The molecule has 0 fully saturated rings. The van der Waals surface area contributed by atoms with E-state index in [4.69, 9.17) is 9.47 Å². The predicted octanol–water partition coefficient (Wildman–Crippen LogP) is 3.75. The number of nitrogens with zero attached hydrogens (tertiary/aromatic N) is 1. The molecular formula is C17H15BrN2O3S. The lowest BCUT2D eigenvalue weighted by Crippen LogP contribution is -2.23. The fourth-order valence-electron chi connectivity index (χ4n) is 1.98. The van der Waals surface area contributed by atoms with Gasteiger partial charge in [0.25, 0.3) is 5.91 Å². The Bertz CT molecular complexity index is 795. The van der Waals surface area contributed by atoms with Crippen LogP contribution in [-0.4, -0.2) is 20.1 Å². The molecule has 1 N–H and O–H groups in total. The van der Waals surface area contributed by atoms with Crippen molar-refractivity contribution in [2.75, 3.05) is 14.2 Å². The van der Waals surface area contributed by atoms with Gasteiger partial charge in [0.1, 0.15) is 23.1 Å². The van der Waals surface area contributed by atoms with Gasteiger partial charge < -0.3 is 14.8 Å². The zero-order chi connectivity index (χ0) is 17.5. The molecule has 0 saturated heterocycles. The van der Waals surface area contributed by atoms with E-state index in [1.807, 2.05) is 23.6 Å². The van der Waals surface area contributed by atoms with Gasteiger partial charge in [-0.1, -0.05) is 6.07 Å². The first-order chi connectivity index (χ1) is 11.6. The zero-order valence-electron chi connectivity index (χ0n) is 13.1. The molecule has 0 aliphatic rings. The molecule has 1 heterocycles. The molecule has 0 atom stereocenters. The van der Waals surface area contributed by atoms with Crippen LogP contribution in [0.2, 0.25) is 0 Å². The molecule has 2 rings (SSSR count). The molecule has 0 aliphatic carbocycles. The lowest BCUT2D eigenvalue weighted by molar-refractivity contribution is -0.117. The van der Waals surface area contributed by atoms with Crippen molar-refractivity contribution in [3.8, 4) is 17.6 Å². The molecule has 1 aromatic heterocycles. The van der Waals surface area contributed by atoms with Crippen LogP contribution in [0.1, 0.15) is 10.4 Å². The lowest BCUT2D eigenvalue weighted by Gasteiger charge is -2.10. The number of amides is 1. The molecule has 2 aromatic rings. The van der Waals surface area contributed by atoms with Crippen LogP contribution in [0.15, 0.2) is 39.7 Å². The third-order valence-corrected chi connectivity index (χ3v) is 4.67. The van der Waals surface area contributed by atoms with E-state index in [1.54, 1.807) is 30.6 Å². The number of carbonyl (C=O) groups excluding carboxylic acids is 1. The molecule has 124 valence electrons. The number of carbonyl (C=O) groups is 1. The SMILES string of the molecule is COc1cc(OC)c(C=C(C#N)C(=O)NCc2cccs2)cc1Br. The second-order valence-electron chi connectivity index (χ2n) is 4.66. The average Bonchev–Trinajstić information content (AvgIpc) is 3.11. The van der Waals surface area contributed by atoms with E-state index in [2.05, 4.69) is 21.2 Å². The number of halogens is 1. The minimum atomic E-state index is -0.431. The topological polar surface area (TPSA) is 71.3 Å². The van der Waals surface area contributed by atoms with Gasteiger partial charge in [0.15, 0.2) is 0 Å². The maximum Gasteiger partial charge on any atom is 0.262 e. The fraction of sp³-hybridized carbons (Fsp3) is 0.176. The highest BCUT2D eigenvalue weighted by Crippen LogP contribution is 2.34. The Balaban J connectivity index is 2.24. The third-order valence-electron chi connectivity index (χ3n) is 3.17. The summed E-state index contributed by atoms with van der Waals surface area (Å²) in [7, 11) is 3.07. The molecule has 5 nitrogen and oxygen atoms in total. The van der Waals surface area contributed by atoms with Crippen molar-refractivity contribution in [3.05, 3.63) is 50.1 Å². The number of ether oxygens (including phenoxy) is 2. The van der Waals surface area contributed by atoms with E-state index < -0.39 is 5.91 Å². The standard InChI is InChI=1S/C17H15BrN2O3S/c1-22-15-8-16(23-2)14(18)7-11(15)6-12(9-19)17(21)20-10-13-4-3-5-24-13/h3-8H,10H2,1-2H3,(H,20,21). The quantitative estimate of drug-likeness (QED) is 0.585. The Kier molecular flexibility index (Phi) is 6.41. The molecule has 24 heavy (non-hydrogen) atoms. The Morgan fingerprint density at radius 2 is 2.12 bits per heavy atom. The Morgan fingerprint density at radius 1 is 1.38 bits per heavy atom. The molecule has 0 bridgehead atoms. The molecule has 0 aliphatic heterocycles. The number of hydrogen-bond acceptors (Lipinski definition) is 5. The highest BCUT2D eigenvalue weighted by molar-refractivity contribution is 9.10. The third kappa shape index (κ3) is 4.37. The van der Waals surface area contributed by atoms with E-state index in [9.17, 15) is 10.1 Å². The van der Waals surface area contributed by atoms with Gasteiger partial charge in [-0.05, 0) is 39.5 Å². The average molecular weight is 407 g/mol. The van der Waals surface area contributed by atoms with Crippen LogP contribution in [0.4, 0.5) is 0 Å². The van der Waals surface area contributed by atoms with E-state index in [0.29, 0.717) is 28.1 Å². The first-order valence-corrected chi connectivity index (χ1v) is 8.60. The highest BCUT2D eigenvalue weighted by atomic mass is 79.9. The van der Waals surface area contributed by atoms with Gasteiger partial charge in [-0.2, -0.15) is 5.26 Å². The lowest BCUT2D eigenvalue weighted by atomic mass is 10.1. The first-order valence-electron chi connectivity index (χ1n) is 6.93. The van der Waals surface area contributed by atoms with Gasteiger partial charge in [-0.25, -0.2) is 0 Å². The molecule has 0 saturated carbocycles. The number of benzene rings is 1. The molecule has 1 aromatic carbocycles. The molecule has 0 radical (unpaired) electrons. The summed E-state index contributed by atoms with van der Waals surface area (Å²) < 4.78 is 11.2. The van der Waals surface area contributed by atoms with Crippen LogP contribution in [0, 0.1) is 11.3 Å². The van der Waals surface area contributed by atoms with Crippen molar-refractivity contribution >= 4 is 39.2 Å². The Morgan fingerprint density at radius 3 is 2.71 bits per heavy atom. The van der Waals surface area contributed by atoms with Crippen molar-refractivity contribution in [3.63, 3.8) is 0 Å². The van der Waals surface area contributed by atoms with Crippen LogP contribution in [0.5, 0.6) is 11.5 Å². The van der Waals surface area contributed by atoms with Gasteiger partial charge in [0.2, 0.25) is 0 Å². The molecule has 1 amide bonds. The van der Waals surface area contributed by atoms with Crippen LogP contribution in [0.25, 0.3) is 6.08 Å². The highest BCUT2D eigenvalue weighted by Gasteiger charge is 2.13. The van der Waals surface area contributed by atoms with E-state index in [-0.39, 0.29) is 5.57 Å². The second-order valence-corrected chi connectivity index (χ2v) is 6.55. The Hall–Kier alpha value is -2.30. The molecule has 0 unspecified atom stereocenters. The maximum atomic E-state index is 12.2. The van der Waals surface area contributed by atoms with Crippen LogP contribution >= 0.6 is 27.3 Å². The summed E-state index contributed by atoms with van der Waals surface area (Å²) >= 11 is 4.93. The smallest absolute Gasteiger partial charge is 0.262 e. The van der Waals surface area contributed by atoms with Crippen molar-refractivity contribution in [2.45, 2.75) is 6.54 Å². The van der Waals surface area contributed by atoms with Gasteiger partial charge in [-0.3, -0.25) is 4.79 Å². The number of nitrogens with one attached hydrogen (secondary N) is 1. The van der Waals surface area contributed by atoms with E-state index >= 15 is 0 Å². The fourth-order valence-corrected chi connectivity index (χ4v) is 3.14. The van der Waals surface area contributed by atoms with E-state index in [0.717, 1.165) is 4.88 Å². The summed E-state index contributed by atoms with van der Waals surface area (Å²) in [4.78, 5) is 13.2. The number of thiophene rings is 1. The summed E-state index contributed by atoms with van der Waals surface area (Å²) in [5.74, 6) is 0.679. The summed E-state index contributed by atoms with van der Waals surface area (Å²) in [5.41, 5.74) is 0.606. The minimum Gasteiger partial charge on any atom is -0.496 e. The molecule has 7 heteroatoms. The Labute approximate surface area is 152 Å². The van der Waals surface area contributed by atoms with Crippen LogP contribution < -0.4 is 14.8 Å². The van der Waals surface area contributed by atoms with E-state index in [1.165, 1.54) is 13.2 Å². The van der Waals surface area contributed by atoms with Crippen LogP contribution in [0.3, 0.4) is 0 Å². The minimum absolute atomic E-state index is 0.00178. The van der Waals surface area contributed by atoms with Crippen molar-refractivity contribution < 1.29 is 14.3 Å². The monoisotopic (exact) mass is 406 g/mol.